The van der Waals surface area contributed by atoms with Gasteiger partial charge in [0.05, 0.1) is 12.7 Å². The molecule has 1 heterocycles. The van der Waals surface area contributed by atoms with Crippen molar-refractivity contribution in [3.05, 3.63) is 0 Å². The first kappa shape index (κ1) is 16.9. The van der Waals surface area contributed by atoms with Crippen LogP contribution in [0.4, 0.5) is 0 Å². The predicted octanol–water partition coefficient (Wildman–Crippen LogP) is 0.985. The maximum absolute atomic E-state index is 5.54. The van der Waals surface area contributed by atoms with Crippen molar-refractivity contribution in [1.29, 1.82) is 0 Å². The van der Waals surface area contributed by atoms with Crippen LogP contribution in [0.5, 0.6) is 0 Å². The first-order valence-corrected chi connectivity index (χ1v) is 5.94. The molecule has 1 fully saturated rings. The minimum atomic E-state index is 0. The van der Waals surface area contributed by atoms with Gasteiger partial charge >= 0.3 is 0 Å². The van der Waals surface area contributed by atoms with Gasteiger partial charge in [-0.1, -0.05) is 0 Å². The van der Waals surface area contributed by atoms with E-state index in [-0.39, 0.29) is 24.0 Å². The molecule has 1 aliphatic heterocycles. The number of nitrogens with one attached hydrogen (secondary N) is 2. The van der Waals surface area contributed by atoms with Crippen molar-refractivity contribution in [2.45, 2.75) is 25.4 Å². The van der Waals surface area contributed by atoms with Crippen molar-refractivity contribution in [3.8, 4) is 0 Å². The monoisotopic (exact) mass is 357 g/mol. The number of hydrogen-bond donors (Lipinski definition) is 2. The van der Waals surface area contributed by atoms with Crippen molar-refractivity contribution in [1.82, 2.24) is 10.6 Å². The number of hydrogen-bond acceptors (Lipinski definition) is 3. The second-order valence-corrected chi connectivity index (χ2v) is 3.81. The maximum Gasteiger partial charge on any atom is 0.190 e. The van der Waals surface area contributed by atoms with Crippen molar-refractivity contribution in [2.24, 2.45) is 4.99 Å². The maximum atomic E-state index is 5.54. The second kappa shape index (κ2) is 11.0. The Balaban J connectivity index is 0.00000256. The van der Waals surface area contributed by atoms with Crippen LogP contribution in [0.2, 0.25) is 0 Å². The summed E-state index contributed by atoms with van der Waals surface area (Å²) >= 11 is 0. The van der Waals surface area contributed by atoms with Gasteiger partial charge in [-0.25, -0.2) is 0 Å². The minimum absolute atomic E-state index is 0. The molecule has 17 heavy (non-hydrogen) atoms. The number of halogens is 1. The van der Waals surface area contributed by atoms with Gasteiger partial charge in [0.1, 0.15) is 0 Å². The summed E-state index contributed by atoms with van der Waals surface area (Å²) in [6.07, 6.45) is 3.63. The SMILES string of the molecule is CN=C(NC)NCCCOCC1CCCO1.I. The van der Waals surface area contributed by atoms with Crippen molar-refractivity contribution in [3.63, 3.8) is 0 Å². The van der Waals surface area contributed by atoms with Gasteiger partial charge in [0.15, 0.2) is 5.96 Å². The number of rotatable bonds is 6. The molecule has 5 nitrogen and oxygen atoms in total. The van der Waals surface area contributed by atoms with E-state index < -0.39 is 0 Å². The highest BCUT2D eigenvalue weighted by molar-refractivity contribution is 14.0. The van der Waals surface area contributed by atoms with E-state index in [2.05, 4.69) is 15.6 Å². The zero-order chi connectivity index (χ0) is 11.6. The summed E-state index contributed by atoms with van der Waals surface area (Å²) in [6, 6.07) is 0. The molecular weight excluding hydrogens is 333 g/mol. The molecule has 2 N–H and O–H groups in total. The van der Waals surface area contributed by atoms with Crippen LogP contribution < -0.4 is 10.6 Å². The summed E-state index contributed by atoms with van der Waals surface area (Å²) in [5.74, 6) is 0.819. The first-order valence-electron chi connectivity index (χ1n) is 5.94. The van der Waals surface area contributed by atoms with E-state index in [0.29, 0.717) is 6.10 Å². The third-order valence-electron chi connectivity index (χ3n) is 2.55. The molecule has 0 aromatic heterocycles. The third-order valence-corrected chi connectivity index (χ3v) is 2.55. The van der Waals surface area contributed by atoms with E-state index in [1.165, 1.54) is 6.42 Å². The standard InChI is InChI=1S/C11H23N3O2.HI/c1-12-11(13-2)14-6-4-7-15-9-10-5-3-8-16-10;/h10H,3-9H2,1-2H3,(H2,12,13,14);1H. The molecule has 1 atom stereocenters. The Kier molecular flexibility index (Phi) is 11.0. The van der Waals surface area contributed by atoms with Gasteiger partial charge in [-0.05, 0) is 19.3 Å². The Morgan fingerprint density at radius 3 is 2.94 bits per heavy atom. The Morgan fingerprint density at radius 1 is 1.53 bits per heavy atom. The normalized spacial score (nSPS) is 19.9. The lowest BCUT2D eigenvalue weighted by Gasteiger charge is -2.11. The summed E-state index contributed by atoms with van der Waals surface area (Å²) in [4.78, 5) is 4.02. The van der Waals surface area contributed by atoms with E-state index in [1.807, 2.05) is 7.05 Å². The Labute approximate surface area is 121 Å². The average Bonchev–Trinajstić information content (AvgIpc) is 2.81. The Bertz CT molecular complexity index is 209. The van der Waals surface area contributed by atoms with Crippen LogP contribution in [0.25, 0.3) is 0 Å². The molecule has 0 radical (unpaired) electrons. The van der Waals surface area contributed by atoms with E-state index in [0.717, 1.165) is 45.2 Å². The number of guanidine groups is 1. The molecule has 1 saturated heterocycles. The topological polar surface area (TPSA) is 54.9 Å². The fourth-order valence-electron chi connectivity index (χ4n) is 1.65. The van der Waals surface area contributed by atoms with Crippen molar-refractivity contribution >= 4 is 29.9 Å². The van der Waals surface area contributed by atoms with Crippen LogP contribution in [0.1, 0.15) is 19.3 Å². The molecule has 6 heteroatoms. The van der Waals surface area contributed by atoms with Crippen LogP contribution in [-0.2, 0) is 9.47 Å². The Morgan fingerprint density at radius 2 is 2.35 bits per heavy atom. The molecule has 1 aliphatic rings. The van der Waals surface area contributed by atoms with Crippen LogP contribution >= 0.6 is 24.0 Å². The molecular formula is C11H24IN3O2. The predicted molar refractivity (Wildman–Crippen MR) is 80.2 cm³/mol. The highest BCUT2D eigenvalue weighted by Gasteiger charge is 2.14. The number of aliphatic imine (C=N–C) groups is 1. The highest BCUT2D eigenvalue weighted by Crippen LogP contribution is 2.11. The molecule has 0 aromatic rings. The quantitative estimate of drug-likeness (QED) is 0.322. The molecule has 0 bridgehead atoms. The molecule has 0 aromatic carbocycles. The van der Waals surface area contributed by atoms with Crippen molar-refractivity contribution in [2.75, 3.05) is 40.5 Å². The van der Waals surface area contributed by atoms with E-state index >= 15 is 0 Å². The van der Waals surface area contributed by atoms with Crippen LogP contribution in [0.3, 0.4) is 0 Å². The van der Waals surface area contributed by atoms with Gasteiger partial charge in [0.25, 0.3) is 0 Å². The van der Waals surface area contributed by atoms with E-state index in [9.17, 15) is 0 Å². The average molecular weight is 357 g/mol. The lowest BCUT2D eigenvalue weighted by Crippen LogP contribution is -2.35. The highest BCUT2D eigenvalue weighted by atomic mass is 127. The molecule has 1 rings (SSSR count). The lowest BCUT2D eigenvalue weighted by molar-refractivity contribution is 0.0168. The van der Waals surface area contributed by atoms with Crippen LogP contribution in [-0.4, -0.2) is 52.5 Å². The lowest BCUT2D eigenvalue weighted by atomic mass is 10.2. The smallest absolute Gasteiger partial charge is 0.190 e. The van der Waals surface area contributed by atoms with E-state index in [1.54, 1.807) is 7.05 Å². The van der Waals surface area contributed by atoms with Gasteiger partial charge in [-0.3, -0.25) is 4.99 Å². The summed E-state index contributed by atoms with van der Waals surface area (Å²) in [5.41, 5.74) is 0. The summed E-state index contributed by atoms with van der Waals surface area (Å²) in [5, 5.41) is 6.14. The zero-order valence-corrected chi connectivity index (χ0v) is 13.0. The molecule has 102 valence electrons. The first-order chi connectivity index (χ1) is 7.86. The molecule has 0 amide bonds. The van der Waals surface area contributed by atoms with Gasteiger partial charge in [-0.2, -0.15) is 0 Å². The third kappa shape index (κ3) is 7.77. The summed E-state index contributed by atoms with van der Waals surface area (Å²) < 4.78 is 11.0. The van der Waals surface area contributed by atoms with E-state index in [4.69, 9.17) is 9.47 Å². The molecule has 0 aliphatic carbocycles. The zero-order valence-electron chi connectivity index (χ0n) is 10.7. The summed E-state index contributed by atoms with van der Waals surface area (Å²) in [6.45, 7) is 3.28. The molecule has 0 saturated carbocycles. The van der Waals surface area contributed by atoms with Gasteiger partial charge in [0.2, 0.25) is 0 Å². The largest absolute Gasteiger partial charge is 0.379 e. The second-order valence-electron chi connectivity index (χ2n) is 3.81. The van der Waals surface area contributed by atoms with Gasteiger partial charge in [0, 0.05) is 33.9 Å². The minimum Gasteiger partial charge on any atom is -0.379 e. The summed E-state index contributed by atoms with van der Waals surface area (Å²) in [7, 11) is 3.61. The van der Waals surface area contributed by atoms with Crippen LogP contribution in [0.15, 0.2) is 4.99 Å². The molecule has 1 unspecified atom stereocenters. The number of ether oxygens (including phenoxy) is 2. The number of nitrogens with zero attached hydrogens (tertiary/aromatic N) is 1. The van der Waals surface area contributed by atoms with Crippen LogP contribution in [0, 0.1) is 0 Å². The van der Waals surface area contributed by atoms with Gasteiger partial charge in [-0.15, -0.1) is 24.0 Å². The molecule has 0 spiro atoms. The van der Waals surface area contributed by atoms with Gasteiger partial charge < -0.3 is 20.1 Å². The fraction of sp³-hybridized carbons (Fsp3) is 0.909. The van der Waals surface area contributed by atoms with Crippen molar-refractivity contribution < 1.29 is 9.47 Å². The Hall–Kier alpha value is -0.0800. The fourth-order valence-corrected chi connectivity index (χ4v) is 1.65.